The summed E-state index contributed by atoms with van der Waals surface area (Å²) in [4.78, 5) is 0. The van der Waals surface area contributed by atoms with Gasteiger partial charge in [-0.25, -0.2) is 0 Å². The number of benzene rings is 9. The van der Waals surface area contributed by atoms with Gasteiger partial charge < -0.3 is 4.57 Å². The summed E-state index contributed by atoms with van der Waals surface area (Å²) in [5.41, 5.74) is 8.72. The molecule has 0 bridgehead atoms. The lowest BCUT2D eigenvalue weighted by atomic mass is 9.85. The fourth-order valence-electron chi connectivity index (χ4n) is 7.74. The van der Waals surface area contributed by atoms with E-state index in [0.29, 0.717) is 0 Å². The van der Waals surface area contributed by atoms with Gasteiger partial charge >= 0.3 is 0 Å². The average molecular weight is 570 g/mol. The molecule has 1 heterocycles. The maximum absolute atomic E-state index is 2.46. The van der Waals surface area contributed by atoms with Crippen molar-refractivity contribution in [3.63, 3.8) is 0 Å². The highest BCUT2D eigenvalue weighted by atomic mass is 15.0. The number of nitrogens with zero attached hydrogens (tertiary/aromatic N) is 1. The second kappa shape index (κ2) is 9.29. The van der Waals surface area contributed by atoms with E-state index in [9.17, 15) is 0 Å². The van der Waals surface area contributed by atoms with Crippen LogP contribution >= 0.6 is 0 Å². The topological polar surface area (TPSA) is 4.93 Å². The molecule has 9 aromatic carbocycles. The lowest BCUT2D eigenvalue weighted by molar-refractivity contribution is 1.20. The molecule has 0 aliphatic heterocycles. The first-order valence-electron chi connectivity index (χ1n) is 15.6. The molecule has 1 heteroatoms. The smallest absolute Gasteiger partial charge is 0.0547 e. The van der Waals surface area contributed by atoms with Gasteiger partial charge in [0.15, 0.2) is 0 Å². The number of fused-ring (bicyclic) bond motifs is 4. The maximum Gasteiger partial charge on any atom is 0.0547 e. The minimum atomic E-state index is 1.22. The quantitative estimate of drug-likeness (QED) is 0.187. The van der Waals surface area contributed by atoms with Crippen LogP contribution in [0.5, 0.6) is 0 Å². The summed E-state index contributed by atoms with van der Waals surface area (Å²) in [6, 6.07) is 60.3. The molecule has 0 aliphatic carbocycles. The number of aromatic nitrogens is 1. The standard InChI is InChI=1S/C44H27N/c1-2-12-28(13-3-1)37-24-29-14-4-5-15-30(29)25-39(37)38-26-31-16-11-21-36-42(27-32-17-10-20-35(38)43(32)44(31)36)45-40-22-8-6-18-33(40)34-19-7-9-23-41(34)45/h1-27H. The molecule has 0 amide bonds. The second-order valence-corrected chi connectivity index (χ2v) is 12.1. The van der Waals surface area contributed by atoms with E-state index in [1.54, 1.807) is 0 Å². The van der Waals surface area contributed by atoms with Gasteiger partial charge in [0.05, 0.1) is 16.7 Å². The molecule has 0 radical (unpaired) electrons. The fourth-order valence-corrected chi connectivity index (χ4v) is 7.74. The van der Waals surface area contributed by atoms with Crippen molar-refractivity contribution in [2.24, 2.45) is 0 Å². The van der Waals surface area contributed by atoms with Crippen molar-refractivity contribution in [1.82, 2.24) is 4.57 Å². The SMILES string of the molecule is c1ccc(-c2cc3ccccc3cc2-c2cc3cccc4c(-n5c6ccccc6c6ccccc65)cc5cccc2c5c34)cc1. The number of para-hydroxylation sites is 2. The summed E-state index contributed by atoms with van der Waals surface area (Å²) in [5, 5.41) is 12.8. The van der Waals surface area contributed by atoms with E-state index in [-0.39, 0.29) is 0 Å². The minimum absolute atomic E-state index is 1.22. The molecule has 0 unspecified atom stereocenters. The van der Waals surface area contributed by atoms with Crippen LogP contribution in [0, 0.1) is 0 Å². The van der Waals surface area contributed by atoms with Gasteiger partial charge in [-0.05, 0) is 96.4 Å². The second-order valence-electron chi connectivity index (χ2n) is 12.1. The molecule has 10 aromatic rings. The largest absolute Gasteiger partial charge is 0.309 e. The molecule has 0 aliphatic rings. The molecule has 10 rings (SSSR count). The van der Waals surface area contributed by atoms with Gasteiger partial charge in [-0.3, -0.25) is 0 Å². The Kier molecular flexibility index (Phi) is 5.06. The Morgan fingerprint density at radius 3 is 1.51 bits per heavy atom. The van der Waals surface area contributed by atoms with Crippen molar-refractivity contribution in [2.75, 3.05) is 0 Å². The third kappa shape index (κ3) is 3.50. The summed E-state index contributed by atoms with van der Waals surface area (Å²) in [6.07, 6.45) is 0. The molecule has 208 valence electrons. The molecule has 1 aromatic heterocycles. The van der Waals surface area contributed by atoms with E-state index >= 15 is 0 Å². The number of rotatable bonds is 3. The van der Waals surface area contributed by atoms with Gasteiger partial charge in [0.2, 0.25) is 0 Å². The maximum atomic E-state index is 2.46. The molecule has 0 spiro atoms. The van der Waals surface area contributed by atoms with Crippen LogP contribution in [0.25, 0.3) is 92.8 Å². The Hall–Kier alpha value is -5.92. The zero-order valence-corrected chi connectivity index (χ0v) is 24.5. The van der Waals surface area contributed by atoms with Gasteiger partial charge in [-0.1, -0.05) is 127 Å². The van der Waals surface area contributed by atoms with Crippen LogP contribution in [-0.4, -0.2) is 4.57 Å². The van der Waals surface area contributed by atoms with Crippen molar-refractivity contribution < 1.29 is 0 Å². The predicted octanol–water partition coefficient (Wildman–Crippen LogP) is 12.2. The summed E-state index contributed by atoms with van der Waals surface area (Å²) in [5.74, 6) is 0. The van der Waals surface area contributed by atoms with Gasteiger partial charge in [0.25, 0.3) is 0 Å². The summed E-state index contributed by atoms with van der Waals surface area (Å²) < 4.78 is 2.46. The Labute approximate surface area is 260 Å². The molecule has 0 saturated carbocycles. The first kappa shape index (κ1) is 24.5. The van der Waals surface area contributed by atoms with Crippen molar-refractivity contribution >= 4 is 64.9 Å². The molecular formula is C44H27N. The zero-order chi connectivity index (χ0) is 29.5. The van der Waals surface area contributed by atoms with Crippen LogP contribution in [0.2, 0.25) is 0 Å². The third-order valence-corrected chi connectivity index (χ3v) is 9.68. The molecule has 1 nitrogen and oxygen atoms in total. The summed E-state index contributed by atoms with van der Waals surface area (Å²) in [7, 11) is 0. The van der Waals surface area contributed by atoms with Crippen LogP contribution < -0.4 is 0 Å². The highest BCUT2D eigenvalue weighted by Gasteiger charge is 2.20. The molecule has 0 saturated heterocycles. The first-order valence-corrected chi connectivity index (χ1v) is 15.6. The van der Waals surface area contributed by atoms with E-state index in [1.165, 1.54) is 92.8 Å². The Morgan fingerprint density at radius 1 is 0.311 bits per heavy atom. The Balaban J connectivity index is 1.33. The van der Waals surface area contributed by atoms with Crippen LogP contribution in [0.3, 0.4) is 0 Å². The predicted molar refractivity (Wildman–Crippen MR) is 193 cm³/mol. The van der Waals surface area contributed by atoms with E-state index in [2.05, 4.69) is 168 Å². The van der Waals surface area contributed by atoms with Crippen molar-refractivity contribution in [3.05, 3.63) is 164 Å². The van der Waals surface area contributed by atoms with Gasteiger partial charge in [0.1, 0.15) is 0 Å². The molecule has 0 atom stereocenters. The molecule has 0 fully saturated rings. The van der Waals surface area contributed by atoms with E-state index in [1.807, 2.05) is 0 Å². The summed E-state index contributed by atoms with van der Waals surface area (Å²) >= 11 is 0. The van der Waals surface area contributed by atoms with E-state index in [4.69, 9.17) is 0 Å². The van der Waals surface area contributed by atoms with E-state index in [0.717, 1.165) is 0 Å². The van der Waals surface area contributed by atoms with Crippen molar-refractivity contribution in [2.45, 2.75) is 0 Å². The van der Waals surface area contributed by atoms with Crippen LogP contribution in [0.15, 0.2) is 164 Å². The van der Waals surface area contributed by atoms with Crippen LogP contribution in [0.4, 0.5) is 0 Å². The Bertz CT molecular complexity index is 2690. The van der Waals surface area contributed by atoms with Crippen molar-refractivity contribution in [3.8, 4) is 27.9 Å². The van der Waals surface area contributed by atoms with Gasteiger partial charge in [-0.2, -0.15) is 0 Å². The normalized spacial score (nSPS) is 12.0. The van der Waals surface area contributed by atoms with Crippen LogP contribution in [0.1, 0.15) is 0 Å². The average Bonchev–Trinajstić information content (AvgIpc) is 3.44. The zero-order valence-electron chi connectivity index (χ0n) is 24.5. The number of hydrogen-bond acceptors (Lipinski definition) is 0. The minimum Gasteiger partial charge on any atom is -0.309 e. The lowest BCUT2D eigenvalue weighted by Gasteiger charge is -2.20. The fraction of sp³-hybridized carbons (Fsp3) is 0. The van der Waals surface area contributed by atoms with Gasteiger partial charge in [-0.15, -0.1) is 0 Å². The van der Waals surface area contributed by atoms with Crippen molar-refractivity contribution in [1.29, 1.82) is 0 Å². The van der Waals surface area contributed by atoms with Gasteiger partial charge in [0, 0.05) is 16.2 Å². The molecule has 45 heavy (non-hydrogen) atoms. The third-order valence-electron chi connectivity index (χ3n) is 9.68. The summed E-state index contributed by atoms with van der Waals surface area (Å²) in [6.45, 7) is 0. The van der Waals surface area contributed by atoms with Crippen LogP contribution in [-0.2, 0) is 0 Å². The molecular weight excluding hydrogens is 542 g/mol. The first-order chi connectivity index (χ1) is 22.3. The highest BCUT2D eigenvalue weighted by Crippen LogP contribution is 2.46. The molecule has 0 N–H and O–H groups in total. The highest BCUT2D eigenvalue weighted by molar-refractivity contribution is 6.29. The monoisotopic (exact) mass is 569 g/mol. The number of hydrogen-bond donors (Lipinski definition) is 0. The lowest BCUT2D eigenvalue weighted by Crippen LogP contribution is -1.98. The Morgan fingerprint density at radius 2 is 0.800 bits per heavy atom. The van der Waals surface area contributed by atoms with E-state index < -0.39 is 0 Å².